The number of nitro benzene ring substituents is 1. The topological polar surface area (TPSA) is 69.4 Å². The Kier molecular flexibility index (Phi) is 4.99. The Hall–Kier alpha value is -1.96. The molecule has 0 bridgehead atoms. The molecule has 8 heteroatoms. The van der Waals surface area contributed by atoms with Crippen LogP contribution in [0.4, 0.5) is 18.9 Å². The van der Waals surface area contributed by atoms with Gasteiger partial charge in [-0.25, -0.2) is 0 Å². The van der Waals surface area contributed by atoms with E-state index in [-0.39, 0.29) is 11.3 Å². The number of hydrogen-bond acceptors (Lipinski definition) is 4. The number of hydrogen-bond donors (Lipinski definition) is 0. The van der Waals surface area contributed by atoms with Crippen LogP contribution in [0.3, 0.4) is 0 Å². The fourth-order valence-electron chi connectivity index (χ4n) is 1.21. The molecule has 0 unspecified atom stereocenters. The molecular weight excluding hydrogens is 267 g/mol. The maximum atomic E-state index is 11.8. The zero-order valence-electron chi connectivity index (χ0n) is 9.64. The molecule has 0 atom stereocenters. The Morgan fingerprint density at radius 3 is 2.32 bits per heavy atom. The first kappa shape index (κ1) is 15.1. The fourth-order valence-corrected chi connectivity index (χ4v) is 1.21. The van der Waals surface area contributed by atoms with Gasteiger partial charge in [-0.05, 0) is 12.1 Å². The van der Waals surface area contributed by atoms with Crippen LogP contribution < -0.4 is 0 Å². The van der Waals surface area contributed by atoms with Crippen molar-refractivity contribution >= 4 is 11.5 Å². The number of Topliss-reactive ketones (excluding diaryl/α,β-unsaturated/α-hetero) is 1. The average molecular weight is 277 g/mol. The molecule has 0 spiro atoms. The van der Waals surface area contributed by atoms with Gasteiger partial charge in [0.15, 0.2) is 5.78 Å². The highest BCUT2D eigenvalue weighted by molar-refractivity contribution is 5.97. The third kappa shape index (κ3) is 5.47. The van der Waals surface area contributed by atoms with Crippen molar-refractivity contribution in [2.24, 2.45) is 0 Å². The van der Waals surface area contributed by atoms with Crippen LogP contribution in [0.5, 0.6) is 0 Å². The summed E-state index contributed by atoms with van der Waals surface area (Å²) >= 11 is 0. The lowest BCUT2D eigenvalue weighted by atomic mass is 10.1. The molecule has 0 amide bonds. The van der Waals surface area contributed by atoms with Gasteiger partial charge in [0.05, 0.1) is 18.0 Å². The lowest BCUT2D eigenvalue weighted by molar-refractivity contribution is -0.384. The smallest absolute Gasteiger partial charge is 0.373 e. The summed E-state index contributed by atoms with van der Waals surface area (Å²) < 4.78 is 40.0. The van der Waals surface area contributed by atoms with Crippen molar-refractivity contribution in [1.82, 2.24) is 0 Å². The molecule has 19 heavy (non-hydrogen) atoms. The molecule has 0 aliphatic carbocycles. The molecule has 1 aromatic carbocycles. The summed E-state index contributed by atoms with van der Waals surface area (Å²) in [7, 11) is 0. The van der Waals surface area contributed by atoms with E-state index in [4.69, 9.17) is 0 Å². The van der Waals surface area contributed by atoms with Crippen LogP contribution >= 0.6 is 0 Å². The summed E-state index contributed by atoms with van der Waals surface area (Å²) in [5, 5.41) is 10.4. The third-order valence-electron chi connectivity index (χ3n) is 2.16. The minimum absolute atomic E-state index is 0.151. The van der Waals surface area contributed by atoms with E-state index in [9.17, 15) is 28.1 Å². The summed E-state index contributed by atoms with van der Waals surface area (Å²) in [6.45, 7) is -1.09. The molecule has 0 aliphatic heterocycles. The lowest BCUT2D eigenvalue weighted by Gasteiger charge is -2.06. The molecule has 1 aromatic rings. The standard InChI is InChI=1S/C11H10F3NO4/c12-11(13,14)5-6-19-7-10(16)8-1-3-9(4-2-8)15(17)18/h1-4H,5-7H2. The maximum Gasteiger partial charge on any atom is 0.391 e. The van der Waals surface area contributed by atoms with Crippen molar-refractivity contribution in [3.8, 4) is 0 Å². The van der Waals surface area contributed by atoms with Crippen LogP contribution in [-0.4, -0.2) is 30.1 Å². The number of alkyl halides is 3. The van der Waals surface area contributed by atoms with Gasteiger partial charge < -0.3 is 4.74 Å². The number of ether oxygens (including phenoxy) is 1. The Morgan fingerprint density at radius 1 is 1.26 bits per heavy atom. The highest BCUT2D eigenvalue weighted by atomic mass is 19.4. The highest BCUT2D eigenvalue weighted by Gasteiger charge is 2.26. The number of nitrogens with zero attached hydrogens (tertiary/aromatic N) is 1. The van der Waals surface area contributed by atoms with E-state index < -0.39 is 36.5 Å². The van der Waals surface area contributed by atoms with Gasteiger partial charge in [-0.2, -0.15) is 13.2 Å². The molecule has 0 N–H and O–H groups in total. The van der Waals surface area contributed by atoms with Crippen molar-refractivity contribution in [2.45, 2.75) is 12.6 Å². The van der Waals surface area contributed by atoms with Crippen molar-refractivity contribution in [3.63, 3.8) is 0 Å². The lowest BCUT2D eigenvalue weighted by Crippen LogP contribution is -2.15. The first-order valence-corrected chi connectivity index (χ1v) is 5.22. The monoisotopic (exact) mass is 277 g/mol. The molecule has 0 fully saturated rings. The minimum atomic E-state index is -4.32. The largest absolute Gasteiger partial charge is 0.391 e. The van der Waals surface area contributed by atoms with E-state index in [1.807, 2.05) is 0 Å². The van der Waals surface area contributed by atoms with E-state index in [1.165, 1.54) is 12.1 Å². The summed E-state index contributed by atoms with van der Waals surface area (Å²) in [5.74, 6) is -0.530. The molecular formula is C11H10F3NO4. The maximum absolute atomic E-state index is 11.8. The number of halogens is 3. The number of non-ortho nitro benzene ring substituents is 1. The summed E-state index contributed by atoms with van der Waals surface area (Å²) in [5.41, 5.74) is -0.0212. The quantitative estimate of drug-likeness (QED) is 0.347. The van der Waals surface area contributed by atoms with E-state index in [1.54, 1.807) is 0 Å². The van der Waals surface area contributed by atoms with Crippen LogP contribution in [0.25, 0.3) is 0 Å². The van der Waals surface area contributed by atoms with Crippen molar-refractivity contribution in [2.75, 3.05) is 13.2 Å². The summed E-state index contributed by atoms with van der Waals surface area (Å²) in [6, 6.07) is 4.74. The van der Waals surface area contributed by atoms with E-state index in [2.05, 4.69) is 4.74 Å². The van der Waals surface area contributed by atoms with Gasteiger partial charge >= 0.3 is 6.18 Å². The minimum Gasteiger partial charge on any atom is -0.373 e. The Bertz CT molecular complexity index is 456. The molecule has 104 valence electrons. The van der Waals surface area contributed by atoms with Gasteiger partial charge in [-0.15, -0.1) is 0 Å². The predicted octanol–water partition coefficient (Wildman–Crippen LogP) is 2.75. The Morgan fingerprint density at radius 2 is 1.84 bits per heavy atom. The van der Waals surface area contributed by atoms with E-state index in [0.717, 1.165) is 12.1 Å². The second-order valence-corrected chi connectivity index (χ2v) is 3.64. The van der Waals surface area contributed by atoms with Crippen molar-refractivity contribution in [3.05, 3.63) is 39.9 Å². The normalized spacial score (nSPS) is 11.3. The van der Waals surface area contributed by atoms with E-state index >= 15 is 0 Å². The number of carbonyl (C=O) groups is 1. The number of nitro groups is 1. The van der Waals surface area contributed by atoms with E-state index in [0.29, 0.717) is 0 Å². The molecule has 0 saturated carbocycles. The predicted molar refractivity (Wildman–Crippen MR) is 58.9 cm³/mol. The van der Waals surface area contributed by atoms with Crippen LogP contribution in [0, 0.1) is 10.1 Å². The zero-order valence-corrected chi connectivity index (χ0v) is 9.64. The van der Waals surface area contributed by atoms with Crippen LogP contribution in [0.15, 0.2) is 24.3 Å². The molecule has 0 heterocycles. The average Bonchev–Trinajstić information content (AvgIpc) is 2.33. The number of ketones is 1. The zero-order chi connectivity index (χ0) is 14.5. The molecule has 0 saturated heterocycles. The first-order chi connectivity index (χ1) is 8.79. The molecule has 1 rings (SSSR count). The third-order valence-corrected chi connectivity index (χ3v) is 2.16. The fraction of sp³-hybridized carbons (Fsp3) is 0.364. The van der Waals surface area contributed by atoms with Gasteiger partial charge in [-0.1, -0.05) is 0 Å². The van der Waals surface area contributed by atoms with Crippen LogP contribution in [0.2, 0.25) is 0 Å². The van der Waals surface area contributed by atoms with Crippen molar-refractivity contribution in [1.29, 1.82) is 0 Å². The Labute approximate surface area is 106 Å². The molecule has 0 aliphatic rings. The van der Waals surface area contributed by atoms with Gasteiger partial charge in [-0.3, -0.25) is 14.9 Å². The van der Waals surface area contributed by atoms with Crippen molar-refractivity contribution < 1.29 is 27.6 Å². The number of rotatable bonds is 6. The highest BCUT2D eigenvalue weighted by Crippen LogP contribution is 2.19. The summed E-state index contributed by atoms with van der Waals surface area (Å²) in [6.07, 6.45) is -5.45. The second kappa shape index (κ2) is 6.28. The SMILES string of the molecule is O=C(COCCC(F)(F)F)c1ccc([N+](=O)[O-])cc1. The number of carbonyl (C=O) groups excluding carboxylic acids is 1. The van der Waals surface area contributed by atoms with Gasteiger partial charge in [0.2, 0.25) is 0 Å². The molecule has 5 nitrogen and oxygen atoms in total. The Balaban J connectivity index is 2.43. The first-order valence-electron chi connectivity index (χ1n) is 5.22. The number of benzene rings is 1. The van der Waals surface area contributed by atoms with Gasteiger partial charge in [0, 0.05) is 17.7 Å². The second-order valence-electron chi connectivity index (χ2n) is 3.64. The van der Waals surface area contributed by atoms with Crippen LogP contribution in [0.1, 0.15) is 16.8 Å². The molecule has 0 radical (unpaired) electrons. The molecule has 0 aromatic heterocycles. The van der Waals surface area contributed by atoms with Gasteiger partial charge in [0.25, 0.3) is 5.69 Å². The van der Waals surface area contributed by atoms with Gasteiger partial charge in [0.1, 0.15) is 6.61 Å². The summed E-state index contributed by atoms with van der Waals surface area (Å²) in [4.78, 5) is 21.2. The van der Waals surface area contributed by atoms with Crippen LogP contribution in [-0.2, 0) is 4.74 Å².